The number of amides is 1. The van der Waals surface area contributed by atoms with Crippen molar-refractivity contribution in [2.75, 3.05) is 6.54 Å². The maximum atomic E-state index is 13.0. The third kappa shape index (κ3) is 5.43. The molecule has 1 amide bonds. The van der Waals surface area contributed by atoms with Gasteiger partial charge in [0.15, 0.2) is 0 Å². The molecule has 3 atom stereocenters. The first kappa shape index (κ1) is 22.2. The molecule has 4 heteroatoms. The summed E-state index contributed by atoms with van der Waals surface area (Å²) in [5.74, 6) is 0.960. The molecule has 0 spiro atoms. The van der Waals surface area contributed by atoms with Crippen molar-refractivity contribution in [3.05, 3.63) is 101 Å². The molecule has 0 bridgehead atoms. The number of hydrogen-bond donors (Lipinski definition) is 1. The van der Waals surface area contributed by atoms with Crippen LogP contribution < -0.4 is 0 Å². The second-order valence-electron chi connectivity index (χ2n) is 8.88. The molecule has 4 rings (SSSR count). The van der Waals surface area contributed by atoms with E-state index in [0.29, 0.717) is 24.9 Å². The van der Waals surface area contributed by atoms with Crippen molar-refractivity contribution in [1.29, 1.82) is 0 Å². The molecule has 4 nitrogen and oxygen atoms in total. The maximum absolute atomic E-state index is 13.0. The van der Waals surface area contributed by atoms with E-state index in [0.717, 1.165) is 42.4 Å². The summed E-state index contributed by atoms with van der Waals surface area (Å²) >= 11 is 0. The van der Waals surface area contributed by atoms with Gasteiger partial charge < -0.3 is 10.0 Å². The highest BCUT2D eigenvalue weighted by Gasteiger charge is 2.30. The number of rotatable bonds is 8. The van der Waals surface area contributed by atoms with Crippen molar-refractivity contribution in [2.45, 2.75) is 45.3 Å². The number of carbonyl (C=O) groups excluding carboxylic acids is 1. The van der Waals surface area contributed by atoms with Gasteiger partial charge in [-0.05, 0) is 79.3 Å². The number of carbonyl (C=O) groups is 1. The normalized spacial score (nSPS) is 18.9. The lowest BCUT2D eigenvalue weighted by Crippen LogP contribution is -2.30. The molecule has 1 heterocycles. The van der Waals surface area contributed by atoms with Gasteiger partial charge in [-0.15, -0.1) is 0 Å². The molecule has 2 aromatic carbocycles. The fraction of sp³-hybridized carbons (Fsp3) is 0.357. The quantitative estimate of drug-likeness (QED) is 0.520. The predicted molar refractivity (Wildman–Crippen MR) is 127 cm³/mol. The summed E-state index contributed by atoms with van der Waals surface area (Å²) in [5, 5.41) is 10.7. The SMILES string of the molecule is CCN(Cc1cccnc1)C(=O)c1ccc(C[C@@H]2CC[C@H]([C@H](O)c3ccccc3)C2)cc1. The van der Waals surface area contributed by atoms with Crippen LogP contribution in [-0.4, -0.2) is 27.4 Å². The number of hydrogen-bond acceptors (Lipinski definition) is 3. The lowest BCUT2D eigenvalue weighted by molar-refractivity contribution is 0.0752. The molecule has 1 fully saturated rings. The van der Waals surface area contributed by atoms with E-state index in [1.807, 2.05) is 72.6 Å². The third-order valence-electron chi connectivity index (χ3n) is 6.66. The number of aliphatic hydroxyl groups excluding tert-OH is 1. The minimum Gasteiger partial charge on any atom is -0.388 e. The molecule has 1 aromatic heterocycles. The average molecular weight is 429 g/mol. The van der Waals surface area contributed by atoms with E-state index in [2.05, 4.69) is 17.1 Å². The van der Waals surface area contributed by atoms with Gasteiger partial charge in [0.1, 0.15) is 0 Å². The van der Waals surface area contributed by atoms with Gasteiger partial charge in [-0.3, -0.25) is 9.78 Å². The highest BCUT2D eigenvalue weighted by molar-refractivity contribution is 5.94. The van der Waals surface area contributed by atoms with E-state index >= 15 is 0 Å². The number of aliphatic hydroxyl groups is 1. The number of benzene rings is 2. The lowest BCUT2D eigenvalue weighted by atomic mass is 9.91. The van der Waals surface area contributed by atoms with Gasteiger partial charge in [0.25, 0.3) is 5.91 Å². The second-order valence-corrected chi connectivity index (χ2v) is 8.88. The van der Waals surface area contributed by atoms with Crippen LogP contribution in [0.2, 0.25) is 0 Å². The highest BCUT2D eigenvalue weighted by Crippen LogP contribution is 2.40. The van der Waals surface area contributed by atoms with Gasteiger partial charge in [0.05, 0.1) is 6.10 Å². The summed E-state index contributed by atoms with van der Waals surface area (Å²) in [6.45, 7) is 3.23. The van der Waals surface area contributed by atoms with E-state index < -0.39 is 0 Å². The zero-order valence-corrected chi connectivity index (χ0v) is 18.7. The Morgan fingerprint density at radius 1 is 1.03 bits per heavy atom. The Labute approximate surface area is 190 Å². The fourth-order valence-electron chi connectivity index (χ4n) is 4.85. The Kier molecular flexibility index (Phi) is 7.33. The first-order valence-electron chi connectivity index (χ1n) is 11.6. The molecule has 1 aliphatic rings. The van der Waals surface area contributed by atoms with Crippen molar-refractivity contribution in [3.8, 4) is 0 Å². The predicted octanol–water partition coefficient (Wildman–Crippen LogP) is 5.44. The van der Waals surface area contributed by atoms with Gasteiger partial charge >= 0.3 is 0 Å². The molecule has 1 N–H and O–H groups in total. The van der Waals surface area contributed by atoms with Crippen LogP contribution in [0.5, 0.6) is 0 Å². The summed E-state index contributed by atoms with van der Waals surface area (Å²) in [5.41, 5.74) is 4.04. The van der Waals surface area contributed by atoms with Crippen LogP contribution in [0.25, 0.3) is 0 Å². The first-order chi connectivity index (χ1) is 15.6. The Morgan fingerprint density at radius 2 is 1.81 bits per heavy atom. The van der Waals surface area contributed by atoms with Crippen LogP contribution in [0.1, 0.15) is 59.3 Å². The van der Waals surface area contributed by atoms with Crippen LogP contribution in [0.4, 0.5) is 0 Å². The largest absolute Gasteiger partial charge is 0.388 e. The molecule has 1 saturated carbocycles. The minimum atomic E-state index is -0.374. The Hall–Kier alpha value is -2.98. The van der Waals surface area contributed by atoms with Gasteiger partial charge in [0.2, 0.25) is 0 Å². The summed E-state index contributed by atoms with van der Waals surface area (Å²) in [6.07, 6.45) is 7.44. The molecular formula is C28H32N2O2. The van der Waals surface area contributed by atoms with Crippen molar-refractivity contribution in [2.24, 2.45) is 11.8 Å². The van der Waals surface area contributed by atoms with Crippen molar-refractivity contribution in [1.82, 2.24) is 9.88 Å². The number of nitrogens with zero attached hydrogens (tertiary/aromatic N) is 2. The van der Waals surface area contributed by atoms with Gasteiger partial charge in [-0.25, -0.2) is 0 Å². The van der Waals surface area contributed by atoms with Crippen LogP contribution in [0.3, 0.4) is 0 Å². The summed E-state index contributed by atoms with van der Waals surface area (Å²) in [6, 6.07) is 22.0. The van der Waals surface area contributed by atoms with E-state index in [-0.39, 0.29) is 12.0 Å². The lowest BCUT2D eigenvalue weighted by Gasteiger charge is -2.21. The molecule has 0 unspecified atom stereocenters. The topological polar surface area (TPSA) is 53.4 Å². The maximum Gasteiger partial charge on any atom is 0.254 e. The van der Waals surface area contributed by atoms with Crippen molar-refractivity contribution < 1.29 is 9.90 Å². The molecule has 0 saturated heterocycles. The monoisotopic (exact) mass is 428 g/mol. The summed E-state index contributed by atoms with van der Waals surface area (Å²) in [7, 11) is 0. The van der Waals surface area contributed by atoms with Gasteiger partial charge in [0, 0.05) is 31.0 Å². The van der Waals surface area contributed by atoms with Crippen molar-refractivity contribution in [3.63, 3.8) is 0 Å². The van der Waals surface area contributed by atoms with Crippen LogP contribution in [0, 0.1) is 11.8 Å². The van der Waals surface area contributed by atoms with Gasteiger partial charge in [-0.1, -0.05) is 48.5 Å². The Bertz CT molecular complexity index is 989. The fourth-order valence-corrected chi connectivity index (χ4v) is 4.85. The molecule has 166 valence electrons. The second kappa shape index (κ2) is 10.6. The summed E-state index contributed by atoms with van der Waals surface area (Å²) < 4.78 is 0. The molecular weight excluding hydrogens is 396 g/mol. The standard InChI is InChI=1S/C28H32N2O2/c1-2-30(20-23-7-6-16-29-19-23)28(32)25-13-10-21(11-14-25)17-22-12-15-26(18-22)27(31)24-8-4-3-5-9-24/h3-11,13-14,16,19,22,26-27,31H,2,12,15,17-18,20H2,1H3/t22-,26-,27+/m0/s1. The number of pyridine rings is 1. The first-order valence-corrected chi connectivity index (χ1v) is 11.6. The zero-order valence-electron chi connectivity index (χ0n) is 18.7. The highest BCUT2D eigenvalue weighted by atomic mass is 16.3. The zero-order chi connectivity index (χ0) is 22.3. The van der Waals surface area contributed by atoms with Crippen LogP contribution in [-0.2, 0) is 13.0 Å². The number of aromatic nitrogens is 1. The van der Waals surface area contributed by atoms with Crippen LogP contribution in [0.15, 0.2) is 79.1 Å². The molecule has 0 aliphatic heterocycles. The Morgan fingerprint density at radius 3 is 2.50 bits per heavy atom. The van der Waals surface area contributed by atoms with Crippen molar-refractivity contribution >= 4 is 5.91 Å². The molecule has 1 aliphatic carbocycles. The van der Waals surface area contributed by atoms with E-state index in [4.69, 9.17) is 0 Å². The smallest absolute Gasteiger partial charge is 0.254 e. The third-order valence-corrected chi connectivity index (χ3v) is 6.66. The van der Waals surface area contributed by atoms with Gasteiger partial charge in [-0.2, -0.15) is 0 Å². The van der Waals surface area contributed by atoms with E-state index in [1.165, 1.54) is 5.56 Å². The average Bonchev–Trinajstić information content (AvgIpc) is 3.32. The minimum absolute atomic E-state index is 0.0508. The Balaban J connectivity index is 1.33. The summed E-state index contributed by atoms with van der Waals surface area (Å²) in [4.78, 5) is 19.0. The molecule has 0 radical (unpaired) electrons. The van der Waals surface area contributed by atoms with Crippen LogP contribution >= 0.6 is 0 Å². The molecule has 3 aromatic rings. The van der Waals surface area contributed by atoms with E-state index in [1.54, 1.807) is 6.20 Å². The van der Waals surface area contributed by atoms with E-state index in [9.17, 15) is 9.90 Å². The molecule has 32 heavy (non-hydrogen) atoms.